The predicted octanol–water partition coefficient (Wildman–Crippen LogP) is 4.72. The van der Waals surface area contributed by atoms with Crippen molar-refractivity contribution in [2.75, 3.05) is 0 Å². The van der Waals surface area contributed by atoms with Crippen LogP contribution in [0.4, 0.5) is 0 Å². The summed E-state index contributed by atoms with van der Waals surface area (Å²) in [4.78, 5) is 0. The number of hydrogen-bond acceptors (Lipinski definition) is 0. The maximum Gasteiger partial charge on any atom is 0.00305 e. The SMILES string of the molecule is CCC12/C=C\C=C(/C)c3ccccc3C1(C)C2. The first-order chi connectivity index (χ1) is 8.13. The molecule has 0 radical (unpaired) electrons. The zero-order valence-electron chi connectivity index (χ0n) is 11.0. The Morgan fingerprint density at radius 2 is 2.00 bits per heavy atom. The van der Waals surface area contributed by atoms with Gasteiger partial charge in [-0.3, -0.25) is 0 Å². The number of hydrogen-bond donors (Lipinski definition) is 0. The Kier molecular flexibility index (Phi) is 2.13. The molecule has 17 heavy (non-hydrogen) atoms. The van der Waals surface area contributed by atoms with Crippen molar-refractivity contribution < 1.29 is 0 Å². The Hall–Kier alpha value is -1.30. The van der Waals surface area contributed by atoms with Gasteiger partial charge < -0.3 is 0 Å². The van der Waals surface area contributed by atoms with Crippen molar-refractivity contribution in [1.29, 1.82) is 0 Å². The average molecular weight is 224 g/mol. The summed E-state index contributed by atoms with van der Waals surface area (Å²) < 4.78 is 0. The summed E-state index contributed by atoms with van der Waals surface area (Å²) in [5.74, 6) is 0. The first-order valence-electron chi connectivity index (χ1n) is 6.59. The molecule has 2 aliphatic carbocycles. The third-order valence-corrected chi connectivity index (χ3v) is 4.98. The lowest BCUT2D eigenvalue weighted by Gasteiger charge is -2.23. The lowest BCUT2D eigenvalue weighted by Crippen LogP contribution is -2.15. The summed E-state index contributed by atoms with van der Waals surface area (Å²) in [5.41, 5.74) is 5.12. The second-order valence-electron chi connectivity index (χ2n) is 5.77. The Balaban J connectivity index is 2.24. The highest BCUT2D eigenvalue weighted by Crippen LogP contribution is 2.68. The highest BCUT2D eigenvalue weighted by molar-refractivity contribution is 5.71. The molecular weight excluding hydrogens is 204 g/mol. The maximum absolute atomic E-state index is 2.44. The molecule has 0 saturated heterocycles. The molecule has 0 amide bonds. The van der Waals surface area contributed by atoms with Gasteiger partial charge in [-0.25, -0.2) is 0 Å². The van der Waals surface area contributed by atoms with E-state index in [1.807, 2.05) is 0 Å². The second kappa shape index (κ2) is 3.35. The van der Waals surface area contributed by atoms with Crippen LogP contribution in [-0.4, -0.2) is 0 Å². The molecule has 3 rings (SSSR count). The van der Waals surface area contributed by atoms with Gasteiger partial charge in [0, 0.05) is 5.41 Å². The summed E-state index contributed by atoms with van der Waals surface area (Å²) >= 11 is 0. The second-order valence-corrected chi connectivity index (χ2v) is 5.77. The normalized spacial score (nSPS) is 39.1. The standard InChI is InChI=1S/C17H20/c1-4-17-11-7-8-13(2)14-9-5-6-10-15(14)16(17,3)12-17/h5-11H,4,12H2,1-3H3/b11-7-,13-8+. The van der Waals surface area contributed by atoms with Gasteiger partial charge in [-0.1, -0.05) is 56.3 Å². The monoisotopic (exact) mass is 224 g/mol. The lowest BCUT2D eigenvalue weighted by molar-refractivity contribution is 0.517. The fourth-order valence-corrected chi connectivity index (χ4v) is 3.60. The van der Waals surface area contributed by atoms with Crippen molar-refractivity contribution in [3.8, 4) is 0 Å². The van der Waals surface area contributed by atoms with E-state index in [0.717, 1.165) is 0 Å². The number of fused-ring (bicyclic) bond motifs is 3. The van der Waals surface area contributed by atoms with E-state index in [1.54, 1.807) is 5.56 Å². The van der Waals surface area contributed by atoms with Crippen LogP contribution in [-0.2, 0) is 5.41 Å². The molecule has 0 heteroatoms. The van der Waals surface area contributed by atoms with Crippen LogP contribution in [0.3, 0.4) is 0 Å². The summed E-state index contributed by atoms with van der Waals surface area (Å²) in [6.45, 7) is 6.96. The van der Waals surface area contributed by atoms with Crippen LogP contribution in [0.15, 0.2) is 42.5 Å². The minimum absolute atomic E-state index is 0.352. The fraction of sp³-hybridized carbons (Fsp3) is 0.412. The van der Waals surface area contributed by atoms with Gasteiger partial charge in [0.15, 0.2) is 0 Å². The third-order valence-electron chi connectivity index (χ3n) is 4.98. The molecule has 2 aliphatic rings. The molecule has 2 atom stereocenters. The molecular formula is C17H20. The van der Waals surface area contributed by atoms with Crippen LogP contribution in [0.25, 0.3) is 5.57 Å². The van der Waals surface area contributed by atoms with Gasteiger partial charge in [0.1, 0.15) is 0 Å². The molecule has 0 N–H and O–H groups in total. The van der Waals surface area contributed by atoms with E-state index < -0.39 is 0 Å². The van der Waals surface area contributed by atoms with Crippen LogP contribution < -0.4 is 0 Å². The van der Waals surface area contributed by atoms with Crippen molar-refractivity contribution in [3.63, 3.8) is 0 Å². The Morgan fingerprint density at radius 1 is 1.24 bits per heavy atom. The molecule has 2 unspecified atom stereocenters. The molecule has 1 fully saturated rings. The van der Waals surface area contributed by atoms with Gasteiger partial charge in [-0.15, -0.1) is 0 Å². The molecule has 1 saturated carbocycles. The van der Waals surface area contributed by atoms with Crippen molar-refractivity contribution in [2.24, 2.45) is 5.41 Å². The fourth-order valence-electron chi connectivity index (χ4n) is 3.60. The van der Waals surface area contributed by atoms with E-state index in [9.17, 15) is 0 Å². The number of rotatable bonds is 1. The largest absolute Gasteiger partial charge is 0.0774 e. The van der Waals surface area contributed by atoms with Gasteiger partial charge in [-0.2, -0.15) is 0 Å². The minimum atomic E-state index is 0.352. The smallest absolute Gasteiger partial charge is 0.00305 e. The average Bonchev–Trinajstić information content (AvgIpc) is 2.94. The molecule has 0 aliphatic heterocycles. The van der Waals surface area contributed by atoms with E-state index in [0.29, 0.717) is 10.8 Å². The van der Waals surface area contributed by atoms with Crippen LogP contribution in [0.1, 0.15) is 44.7 Å². The van der Waals surface area contributed by atoms with E-state index in [2.05, 4.69) is 63.3 Å². The Labute approximate surface area is 104 Å². The minimum Gasteiger partial charge on any atom is -0.0774 e. The zero-order valence-corrected chi connectivity index (χ0v) is 11.0. The van der Waals surface area contributed by atoms with E-state index >= 15 is 0 Å². The topological polar surface area (TPSA) is 0 Å². The third kappa shape index (κ3) is 1.30. The molecule has 1 aromatic carbocycles. The molecule has 0 nitrogen and oxygen atoms in total. The first kappa shape index (κ1) is 10.8. The molecule has 0 heterocycles. The van der Waals surface area contributed by atoms with E-state index in [-0.39, 0.29) is 0 Å². The van der Waals surface area contributed by atoms with Gasteiger partial charge in [0.2, 0.25) is 0 Å². The Bertz CT molecular complexity index is 521. The van der Waals surface area contributed by atoms with Crippen LogP contribution in [0.2, 0.25) is 0 Å². The van der Waals surface area contributed by atoms with Gasteiger partial charge in [-0.05, 0) is 41.9 Å². The van der Waals surface area contributed by atoms with Gasteiger partial charge >= 0.3 is 0 Å². The van der Waals surface area contributed by atoms with Crippen molar-refractivity contribution >= 4 is 5.57 Å². The predicted molar refractivity (Wildman–Crippen MR) is 73.9 cm³/mol. The summed E-state index contributed by atoms with van der Waals surface area (Å²) in [6.07, 6.45) is 9.49. The highest BCUT2D eigenvalue weighted by atomic mass is 14.7. The van der Waals surface area contributed by atoms with Crippen LogP contribution in [0.5, 0.6) is 0 Å². The maximum atomic E-state index is 2.44. The Morgan fingerprint density at radius 3 is 2.76 bits per heavy atom. The van der Waals surface area contributed by atoms with E-state index in [4.69, 9.17) is 0 Å². The molecule has 88 valence electrons. The first-order valence-corrected chi connectivity index (χ1v) is 6.59. The number of allylic oxidation sites excluding steroid dienone is 4. The van der Waals surface area contributed by atoms with E-state index in [1.165, 1.54) is 24.0 Å². The van der Waals surface area contributed by atoms with Crippen molar-refractivity contribution in [2.45, 2.75) is 39.0 Å². The summed E-state index contributed by atoms with van der Waals surface area (Å²) in [5, 5.41) is 0. The quantitative estimate of drug-likeness (QED) is 0.647. The molecule has 0 aromatic heterocycles. The molecule has 1 aromatic rings. The summed E-state index contributed by atoms with van der Waals surface area (Å²) in [6, 6.07) is 8.93. The van der Waals surface area contributed by atoms with Crippen molar-refractivity contribution in [3.05, 3.63) is 53.6 Å². The van der Waals surface area contributed by atoms with Crippen LogP contribution in [0, 0.1) is 5.41 Å². The highest BCUT2D eigenvalue weighted by Gasteiger charge is 2.62. The number of benzene rings is 1. The van der Waals surface area contributed by atoms with Gasteiger partial charge in [0.25, 0.3) is 0 Å². The molecule has 0 spiro atoms. The van der Waals surface area contributed by atoms with Crippen molar-refractivity contribution in [1.82, 2.24) is 0 Å². The van der Waals surface area contributed by atoms with Gasteiger partial charge in [0.05, 0.1) is 0 Å². The molecule has 0 bridgehead atoms. The summed E-state index contributed by atoms with van der Waals surface area (Å²) in [7, 11) is 0. The zero-order chi connectivity index (χ0) is 12.1. The lowest BCUT2D eigenvalue weighted by atomic mass is 9.80. The van der Waals surface area contributed by atoms with Crippen LogP contribution >= 0.6 is 0 Å².